The van der Waals surface area contributed by atoms with Crippen LogP contribution >= 0.6 is 23.5 Å². The fraction of sp³-hybridized carbons (Fsp3) is 0.190. The second-order valence-electron chi connectivity index (χ2n) is 6.22. The monoisotopic (exact) mass is 408 g/mol. The third kappa shape index (κ3) is 3.86. The normalized spacial score (nSPS) is 13.2. The molecule has 4 rings (SSSR count). The van der Waals surface area contributed by atoms with Gasteiger partial charge >= 0.3 is 0 Å². The Balaban J connectivity index is 1.52. The molecule has 0 bridgehead atoms. The molecular formula is C21H20N4OS2. The van der Waals surface area contributed by atoms with Gasteiger partial charge in [-0.2, -0.15) is 0 Å². The van der Waals surface area contributed by atoms with Gasteiger partial charge in [-0.25, -0.2) is 0 Å². The number of nitrogens with zero attached hydrogens (tertiary/aromatic N) is 4. The number of fused-ring (bicyclic) bond motifs is 1. The van der Waals surface area contributed by atoms with E-state index in [0.717, 1.165) is 39.4 Å². The third-order valence-corrected chi connectivity index (χ3v) is 6.41. The molecule has 2 aromatic carbocycles. The van der Waals surface area contributed by atoms with Crippen LogP contribution < -0.4 is 4.90 Å². The van der Waals surface area contributed by atoms with E-state index in [9.17, 15) is 4.79 Å². The number of rotatable bonds is 6. The molecule has 1 aliphatic rings. The lowest BCUT2D eigenvalue weighted by molar-refractivity contribution is -0.116. The number of hydrogen-bond donors (Lipinski definition) is 0. The fourth-order valence-electron chi connectivity index (χ4n) is 3.12. The second kappa shape index (κ2) is 8.67. The Hall–Kier alpha value is -2.51. The molecule has 3 aromatic rings. The SMILES string of the molecule is C=CCn1c(SCC(=O)N2CCSc3ccccc32)nnc1-c1ccccc1. The van der Waals surface area contributed by atoms with Gasteiger partial charge < -0.3 is 4.90 Å². The van der Waals surface area contributed by atoms with E-state index < -0.39 is 0 Å². The average Bonchev–Trinajstić information content (AvgIpc) is 3.15. The largest absolute Gasteiger partial charge is 0.310 e. The van der Waals surface area contributed by atoms with Crippen molar-refractivity contribution in [2.24, 2.45) is 0 Å². The van der Waals surface area contributed by atoms with E-state index in [1.165, 1.54) is 11.8 Å². The lowest BCUT2D eigenvalue weighted by atomic mass is 10.2. The number of anilines is 1. The average molecular weight is 409 g/mol. The van der Waals surface area contributed by atoms with E-state index in [2.05, 4.69) is 22.8 Å². The Bertz CT molecular complexity index is 987. The highest BCUT2D eigenvalue weighted by atomic mass is 32.2. The molecule has 0 spiro atoms. The molecular weight excluding hydrogens is 388 g/mol. The van der Waals surface area contributed by atoms with Crippen molar-refractivity contribution in [3.05, 3.63) is 67.3 Å². The quantitative estimate of drug-likeness (QED) is 0.448. The van der Waals surface area contributed by atoms with Crippen LogP contribution in [-0.2, 0) is 11.3 Å². The first kappa shape index (κ1) is 18.8. The maximum atomic E-state index is 12.9. The smallest absolute Gasteiger partial charge is 0.237 e. The summed E-state index contributed by atoms with van der Waals surface area (Å²) >= 11 is 3.22. The van der Waals surface area contributed by atoms with Crippen LogP contribution in [0.25, 0.3) is 11.4 Å². The molecule has 0 fully saturated rings. The van der Waals surface area contributed by atoms with Crippen LogP contribution in [0.1, 0.15) is 0 Å². The van der Waals surface area contributed by atoms with Crippen molar-refractivity contribution in [1.29, 1.82) is 0 Å². The summed E-state index contributed by atoms with van der Waals surface area (Å²) in [7, 11) is 0. The van der Waals surface area contributed by atoms with Crippen LogP contribution in [0.4, 0.5) is 5.69 Å². The molecule has 142 valence electrons. The van der Waals surface area contributed by atoms with Gasteiger partial charge in [0.1, 0.15) is 0 Å². The molecule has 0 aliphatic carbocycles. The number of hydrogen-bond acceptors (Lipinski definition) is 5. The zero-order valence-corrected chi connectivity index (χ0v) is 17.0. The molecule has 0 N–H and O–H groups in total. The van der Waals surface area contributed by atoms with Gasteiger partial charge in [-0.05, 0) is 12.1 Å². The first-order chi connectivity index (χ1) is 13.8. The summed E-state index contributed by atoms with van der Waals surface area (Å²) < 4.78 is 2.00. The van der Waals surface area contributed by atoms with Crippen LogP contribution in [0.2, 0.25) is 0 Å². The van der Waals surface area contributed by atoms with Crippen molar-refractivity contribution < 1.29 is 4.79 Å². The van der Waals surface area contributed by atoms with Gasteiger partial charge in [0, 0.05) is 29.3 Å². The summed E-state index contributed by atoms with van der Waals surface area (Å²) in [6.45, 7) is 5.17. The lowest BCUT2D eigenvalue weighted by Crippen LogP contribution is -2.36. The second-order valence-corrected chi connectivity index (χ2v) is 8.30. The van der Waals surface area contributed by atoms with Gasteiger partial charge in [0.05, 0.1) is 11.4 Å². The van der Waals surface area contributed by atoms with Gasteiger partial charge in [0.15, 0.2) is 11.0 Å². The Morgan fingerprint density at radius 1 is 1.14 bits per heavy atom. The molecule has 1 amide bonds. The Kier molecular flexibility index (Phi) is 5.83. The molecule has 0 saturated carbocycles. The van der Waals surface area contributed by atoms with Gasteiger partial charge in [0.2, 0.25) is 5.91 Å². The maximum absolute atomic E-state index is 12.9. The van der Waals surface area contributed by atoms with Crippen molar-refractivity contribution >= 4 is 35.1 Å². The van der Waals surface area contributed by atoms with Crippen molar-refractivity contribution in [3.8, 4) is 11.4 Å². The van der Waals surface area contributed by atoms with E-state index in [4.69, 9.17) is 0 Å². The third-order valence-electron chi connectivity index (χ3n) is 4.41. The number of aromatic nitrogens is 3. The number of benzene rings is 2. The minimum Gasteiger partial charge on any atom is -0.310 e. The highest BCUT2D eigenvalue weighted by Crippen LogP contribution is 2.35. The zero-order chi connectivity index (χ0) is 19.3. The van der Waals surface area contributed by atoms with E-state index in [1.807, 2.05) is 64.1 Å². The number of para-hydroxylation sites is 1. The number of allylic oxidation sites excluding steroid dienone is 1. The Morgan fingerprint density at radius 2 is 1.93 bits per heavy atom. The van der Waals surface area contributed by atoms with Gasteiger partial charge in [-0.15, -0.1) is 28.5 Å². The molecule has 0 atom stereocenters. The van der Waals surface area contributed by atoms with Crippen LogP contribution in [0, 0.1) is 0 Å². The van der Waals surface area contributed by atoms with Crippen LogP contribution in [0.15, 0.2) is 77.3 Å². The predicted octanol–water partition coefficient (Wildman–Crippen LogP) is 4.36. The van der Waals surface area contributed by atoms with E-state index in [1.54, 1.807) is 11.8 Å². The molecule has 7 heteroatoms. The zero-order valence-electron chi connectivity index (χ0n) is 15.3. The minimum absolute atomic E-state index is 0.0900. The summed E-state index contributed by atoms with van der Waals surface area (Å²) in [6, 6.07) is 18.0. The molecule has 0 radical (unpaired) electrons. The molecule has 0 saturated heterocycles. The van der Waals surface area contributed by atoms with Gasteiger partial charge in [-0.3, -0.25) is 9.36 Å². The number of carbonyl (C=O) groups excluding carboxylic acids is 1. The summed E-state index contributed by atoms with van der Waals surface area (Å²) in [4.78, 5) is 15.9. The van der Waals surface area contributed by atoms with Gasteiger partial charge in [-0.1, -0.05) is 60.3 Å². The van der Waals surface area contributed by atoms with Crippen LogP contribution in [0.3, 0.4) is 0 Å². The number of carbonyl (C=O) groups is 1. The summed E-state index contributed by atoms with van der Waals surface area (Å²) in [5.74, 6) is 2.11. The summed E-state index contributed by atoms with van der Waals surface area (Å²) in [5.41, 5.74) is 2.00. The molecule has 28 heavy (non-hydrogen) atoms. The van der Waals surface area contributed by atoms with E-state index >= 15 is 0 Å². The predicted molar refractivity (Wildman–Crippen MR) is 116 cm³/mol. The van der Waals surface area contributed by atoms with Crippen molar-refractivity contribution in [2.75, 3.05) is 23.0 Å². The molecule has 1 aromatic heterocycles. The van der Waals surface area contributed by atoms with Gasteiger partial charge in [0.25, 0.3) is 0 Å². The first-order valence-electron chi connectivity index (χ1n) is 9.02. The molecule has 5 nitrogen and oxygen atoms in total. The van der Waals surface area contributed by atoms with Crippen molar-refractivity contribution in [2.45, 2.75) is 16.6 Å². The molecule has 2 heterocycles. The lowest BCUT2D eigenvalue weighted by Gasteiger charge is -2.28. The standard InChI is InChI=1S/C21H20N4OS2/c1-2-12-25-20(16-8-4-3-5-9-16)22-23-21(25)28-15-19(26)24-13-14-27-18-11-7-6-10-17(18)24/h2-11H,1,12-15H2. The maximum Gasteiger partial charge on any atom is 0.237 e. The highest BCUT2D eigenvalue weighted by molar-refractivity contribution is 8.00. The number of amides is 1. The molecule has 1 aliphatic heterocycles. The Morgan fingerprint density at radius 3 is 2.75 bits per heavy atom. The Labute approximate surface area is 172 Å². The molecule has 0 unspecified atom stereocenters. The highest BCUT2D eigenvalue weighted by Gasteiger charge is 2.23. The van der Waals surface area contributed by atoms with E-state index in [0.29, 0.717) is 12.3 Å². The van der Waals surface area contributed by atoms with E-state index in [-0.39, 0.29) is 5.91 Å². The summed E-state index contributed by atoms with van der Waals surface area (Å²) in [6.07, 6.45) is 1.82. The summed E-state index contributed by atoms with van der Waals surface area (Å²) in [5, 5.41) is 9.40. The minimum atomic E-state index is 0.0900. The van der Waals surface area contributed by atoms with Crippen LogP contribution in [-0.4, -0.2) is 38.7 Å². The van der Waals surface area contributed by atoms with Crippen molar-refractivity contribution in [1.82, 2.24) is 14.8 Å². The number of thioether (sulfide) groups is 2. The van der Waals surface area contributed by atoms with Crippen molar-refractivity contribution in [3.63, 3.8) is 0 Å². The van der Waals surface area contributed by atoms with Crippen LogP contribution in [0.5, 0.6) is 0 Å². The topological polar surface area (TPSA) is 51.0 Å². The first-order valence-corrected chi connectivity index (χ1v) is 11.0. The fourth-order valence-corrected chi connectivity index (χ4v) is 4.94.